The van der Waals surface area contributed by atoms with Gasteiger partial charge in [0.15, 0.2) is 0 Å². The maximum absolute atomic E-state index is 5.57. The second-order valence-electron chi connectivity index (χ2n) is 4.35. The van der Waals surface area contributed by atoms with E-state index in [-0.39, 0.29) is 5.54 Å². The van der Waals surface area contributed by atoms with E-state index in [1.807, 2.05) is 6.07 Å². The van der Waals surface area contributed by atoms with Crippen molar-refractivity contribution in [3.8, 4) is 5.75 Å². The second-order valence-corrected chi connectivity index (χ2v) is 5.27. The molecule has 0 amide bonds. The highest BCUT2D eigenvalue weighted by atomic mass is 79.9. The largest absolute Gasteiger partial charge is 0.491 e. The molecule has 0 aliphatic rings. The van der Waals surface area contributed by atoms with Crippen LogP contribution in [0.2, 0.25) is 0 Å². The Morgan fingerprint density at radius 3 is 2.81 bits per heavy atom. The van der Waals surface area contributed by atoms with Gasteiger partial charge in [-0.25, -0.2) is 0 Å². The molecule has 4 heteroatoms. The van der Waals surface area contributed by atoms with Crippen molar-refractivity contribution in [1.29, 1.82) is 0 Å². The Balaban J connectivity index is 2.26. The van der Waals surface area contributed by atoms with Crippen LogP contribution in [0.4, 0.5) is 0 Å². The van der Waals surface area contributed by atoms with Crippen molar-refractivity contribution in [3.63, 3.8) is 0 Å². The van der Waals surface area contributed by atoms with Gasteiger partial charge in [-0.15, -0.1) is 0 Å². The number of pyridine rings is 1. The predicted octanol–water partition coefficient (Wildman–Crippen LogP) is 3.00. The number of rotatable bonds is 6. The molecule has 0 fully saturated rings. The summed E-state index contributed by atoms with van der Waals surface area (Å²) in [4.78, 5) is 4.04. The third kappa shape index (κ3) is 4.94. The highest BCUT2D eigenvalue weighted by Crippen LogP contribution is 2.15. The first-order valence-electron chi connectivity index (χ1n) is 5.52. The fourth-order valence-corrected chi connectivity index (χ4v) is 1.50. The molecule has 0 aliphatic heterocycles. The lowest BCUT2D eigenvalue weighted by atomic mass is 10.0. The van der Waals surface area contributed by atoms with Crippen molar-refractivity contribution in [1.82, 2.24) is 10.3 Å². The summed E-state index contributed by atoms with van der Waals surface area (Å²) >= 11 is 3.36. The van der Waals surface area contributed by atoms with Crippen LogP contribution in [-0.2, 0) is 0 Å². The van der Waals surface area contributed by atoms with Crippen molar-refractivity contribution >= 4 is 15.9 Å². The number of halogens is 1. The fourth-order valence-electron chi connectivity index (χ4n) is 1.15. The molecule has 1 aromatic rings. The van der Waals surface area contributed by atoms with Crippen LogP contribution in [0.1, 0.15) is 27.2 Å². The minimum absolute atomic E-state index is 0.179. The van der Waals surface area contributed by atoms with Gasteiger partial charge in [-0.05, 0) is 42.3 Å². The zero-order valence-electron chi connectivity index (χ0n) is 10.1. The molecule has 16 heavy (non-hydrogen) atoms. The maximum atomic E-state index is 5.57. The van der Waals surface area contributed by atoms with Crippen LogP contribution in [-0.4, -0.2) is 23.7 Å². The summed E-state index contributed by atoms with van der Waals surface area (Å²) in [6.45, 7) is 8.04. The van der Waals surface area contributed by atoms with E-state index in [0.29, 0.717) is 6.61 Å². The van der Waals surface area contributed by atoms with Crippen LogP contribution in [0.15, 0.2) is 22.9 Å². The van der Waals surface area contributed by atoms with Gasteiger partial charge in [-0.2, -0.15) is 0 Å². The van der Waals surface area contributed by atoms with E-state index in [1.54, 1.807) is 12.4 Å². The van der Waals surface area contributed by atoms with E-state index in [4.69, 9.17) is 4.74 Å². The van der Waals surface area contributed by atoms with Crippen molar-refractivity contribution in [3.05, 3.63) is 22.9 Å². The van der Waals surface area contributed by atoms with Crippen molar-refractivity contribution in [2.75, 3.05) is 13.2 Å². The fraction of sp³-hybridized carbons (Fsp3) is 0.583. The molecule has 1 aromatic heterocycles. The van der Waals surface area contributed by atoms with Gasteiger partial charge < -0.3 is 10.1 Å². The van der Waals surface area contributed by atoms with E-state index in [9.17, 15) is 0 Å². The van der Waals surface area contributed by atoms with Crippen LogP contribution in [0.25, 0.3) is 0 Å². The summed E-state index contributed by atoms with van der Waals surface area (Å²) in [5.74, 6) is 0.797. The first-order chi connectivity index (χ1) is 7.53. The first-order valence-corrected chi connectivity index (χ1v) is 6.31. The van der Waals surface area contributed by atoms with Gasteiger partial charge in [0.1, 0.15) is 12.4 Å². The van der Waals surface area contributed by atoms with E-state index >= 15 is 0 Å². The van der Waals surface area contributed by atoms with E-state index in [1.165, 1.54) is 0 Å². The van der Waals surface area contributed by atoms with Crippen LogP contribution in [0.5, 0.6) is 5.75 Å². The average molecular weight is 287 g/mol. The van der Waals surface area contributed by atoms with Gasteiger partial charge in [-0.3, -0.25) is 4.98 Å². The Bertz CT molecular complexity index is 329. The van der Waals surface area contributed by atoms with Crippen LogP contribution >= 0.6 is 15.9 Å². The lowest BCUT2D eigenvalue weighted by molar-refractivity contribution is 0.280. The van der Waals surface area contributed by atoms with Gasteiger partial charge in [0.2, 0.25) is 0 Å². The maximum Gasteiger partial charge on any atom is 0.138 e. The molecule has 0 spiro atoms. The Hall–Kier alpha value is -0.610. The zero-order chi connectivity index (χ0) is 12.0. The third-order valence-electron chi connectivity index (χ3n) is 2.54. The highest BCUT2D eigenvalue weighted by molar-refractivity contribution is 9.10. The third-order valence-corrected chi connectivity index (χ3v) is 2.97. The van der Waals surface area contributed by atoms with Gasteiger partial charge in [0.05, 0.1) is 6.20 Å². The molecule has 0 aliphatic carbocycles. The van der Waals surface area contributed by atoms with E-state index in [0.717, 1.165) is 23.2 Å². The standard InChI is InChI=1S/C12H19BrN2O/c1-4-12(2,3)15-5-6-16-11-7-10(13)8-14-9-11/h7-9,15H,4-6H2,1-3H3. The Morgan fingerprint density at radius 2 is 2.19 bits per heavy atom. The summed E-state index contributed by atoms with van der Waals surface area (Å²) in [5, 5.41) is 3.44. The number of nitrogens with zero attached hydrogens (tertiary/aromatic N) is 1. The molecule has 0 aromatic carbocycles. The summed E-state index contributed by atoms with van der Waals surface area (Å²) in [5.41, 5.74) is 0.179. The highest BCUT2D eigenvalue weighted by Gasteiger charge is 2.12. The molecule has 0 atom stereocenters. The molecule has 1 heterocycles. The molecule has 90 valence electrons. The van der Waals surface area contributed by atoms with E-state index in [2.05, 4.69) is 47.0 Å². The van der Waals surface area contributed by atoms with Gasteiger partial charge in [0, 0.05) is 22.8 Å². The zero-order valence-corrected chi connectivity index (χ0v) is 11.7. The molecular weight excluding hydrogens is 268 g/mol. The normalized spacial score (nSPS) is 11.5. The topological polar surface area (TPSA) is 34.1 Å². The monoisotopic (exact) mass is 286 g/mol. The second kappa shape index (κ2) is 6.21. The smallest absolute Gasteiger partial charge is 0.138 e. The molecule has 3 nitrogen and oxygen atoms in total. The Labute approximate surface area is 106 Å². The SMILES string of the molecule is CCC(C)(C)NCCOc1cncc(Br)c1. The molecule has 0 saturated carbocycles. The molecular formula is C12H19BrN2O. The van der Waals surface area contributed by atoms with Gasteiger partial charge >= 0.3 is 0 Å². The minimum Gasteiger partial charge on any atom is -0.491 e. The van der Waals surface area contributed by atoms with E-state index < -0.39 is 0 Å². The molecule has 1 N–H and O–H groups in total. The average Bonchev–Trinajstić information content (AvgIpc) is 2.25. The van der Waals surface area contributed by atoms with Crippen LogP contribution in [0.3, 0.4) is 0 Å². The first kappa shape index (κ1) is 13.5. The lowest BCUT2D eigenvalue weighted by Gasteiger charge is -2.24. The molecule has 1 rings (SSSR count). The van der Waals surface area contributed by atoms with Crippen molar-refractivity contribution < 1.29 is 4.74 Å². The quantitative estimate of drug-likeness (QED) is 0.817. The summed E-state index contributed by atoms with van der Waals surface area (Å²) in [6, 6.07) is 1.91. The Kier molecular flexibility index (Phi) is 5.22. The summed E-state index contributed by atoms with van der Waals surface area (Å²) < 4.78 is 6.51. The summed E-state index contributed by atoms with van der Waals surface area (Å²) in [7, 11) is 0. The van der Waals surface area contributed by atoms with Gasteiger partial charge in [0.25, 0.3) is 0 Å². The Morgan fingerprint density at radius 1 is 1.44 bits per heavy atom. The molecule has 0 radical (unpaired) electrons. The lowest BCUT2D eigenvalue weighted by Crippen LogP contribution is -2.40. The van der Waals surface area contributed by atoms with Crippen molar-refractivity contribution in [2.45, 2.75) is 32.7 Å². The number of nitrogens with one attached hydrogen (secondary N) is 1. The van der Waals surface area contributed by atoms with Crippen LogP contribution in [0, 0.1) is 0 Å². The predicted molar refractivity (Wildman–Crippen MR) is 69.8 cm³/mol. The summed E-state index contributed by atoms with van der Waals surface area (Å²) in [6.07, 6.45) is 4.56. The number of ether oxygens (including phenoxy) is 1. The van der Waals surface area contributed by atoms with Crippen LogP contribution < -0.4 is 10.1 Å². The molecule has 0 unspecified atom stereocenters. The molecule has 0 bridgehead atoms. The minimum atomic E-state index is 0.179. The number of hydrogen-bond acceptors (Lipinski definition) is 3. The van der Waals surface area contributed by atoms with Gasteiger partial charge in [-0.1, -0.05) is 6.92 Å². The van der Waals surface area contributed by atoms with Crippen molar-refractivity contribution in [2.24, 2.45) is 0 Å². The molecule has 0 saturated heterocycles. The number of hydrogen-bond donors (Lipinski definition) is 1. The number of aromatic nitrogens is 1.